The van der Waals surface area contributed by atoms with E-state index in [2.05, 4.69) is 40.3 Å². The summed E-state index contributed by atoms with van der Waals surface area (Å²) < 4.78 is 0. The first-order valence-electron chi connectivity index (χ1n) is 8.72. The van der Waals surface area contributed by atoms with E-state index >= 15 is 0 Å². The van der Waals surface area contributed by atoms with Crippen molar-refractivity contribution in [1.82, 2.24) is 9.97 Å². The summed E-state index contributed by atoms with van der Waals surface area (Å²) in [6.07, 6.45) is 11.2. The quantitative estimate of drug-likeness (QED) is 0.582. The van der Waals surface area contributed by atoms with Gasteiger partial charge in [0.05, 0.1) is 11.0 Å². The number of aromatic nitrogens is 2. The maximum absolute atomic E-state index is 6.31. The van der Waals surface area contributed by atoms with Gasteiger partial charge in [-0.2, -0.15) is 0 Å². The number of nitrogens with zero attached hydrogens (tertiary/aromatic N) is 1. The van der Waals surface area contributed by atoms with Crippen LogP contribution in [0.2, 0.25) is 5.02 Å². The van der Waals surface area contributed by atoms with Crippen LogP contribution >= 0.6 is 11.6 Å². The van der Waals surface area contributed by atoms with Crippen LogP contribution in [0, 0.1) is 5.92 Å². The molecule has 1 heterocycles. The van der Waals surface area contributed by atoms with Gasteiger partial charge in [0.15, 0.2) is 0 Å². The first-order chi connectivity index (χ1) is 11.8. The number of allylic oxidation sites excluding steroid dienone is 1. The van der Waals surface area contributed by atoms with Crippen LogP contribution in [0.1, 0.15) is 37.9 Å². The van der Waals surface area contributed by atoms with Crippen LogP contribution in [0.5, 0.6) is 0 Å². The maximum atomic E-state index is 6.31. The molecule has 24 heavy (non-hydrogen) atoms. The predicted molar refractivity (Wildman–Crippen MR) is 102 cm³/mol. The molecule has 122 valence electrons. The van der Waals surface area contributed by atoms with E-state index in [1.807, 2.05) is 24.3 Å². The standard InChI is InChI=1S/C21H21ClN2/c22-18-9-5-4-8-17(18)16-11-12-19-20(14-16)24-21(23-19)13-10-15-6-2-1-3-7-15/h4-5,8-15H,1-3,6-7H2,(H,23,24)/b13-10+. The van der Waals surface area contributed by atoms with Crippen molar-refractivity contribution < 1.29 is 0 Å². The second kappa shape index (κ2) is 6.82. The summed E-state index contributed by atoms with van der Waals surface area (Å²) in [5.74, 6) is 1.65. The third-order valence-electron chi connectivity index (χ3n) is 4.86. The molecule has 1 fully saturated rings. The summed E-state index contributed by atoms with van der Waals surface area (Å²) in [6, 6.07) is 14.2. The minimum Gasteiger partial charge on any atom is -0.338 e. The lowest BCUT2D eigenvalue weighted by molar-refractivity contribution is 0.420. The van der Waals surface area contributed by atoms with Crippen LogP contribution in [-0.2, 0) is 0 Å². The Kier molecular flexibility index (Phi) is 4.40. The predicted octanol–water partition coefficient (Wildman–Crippen LogP) is 6.48. The molecule has 0 aliphatic heterocycles. The summed E-state index contributed by atoms with van der Waals surface area (Å²) in [5.41, 5.74) is 4.21. The molecule has 0 saturated heterocycles. The number of benzene rings is 2. The van der Waals surface area contributed by atoms with E-state index in [1.54, 1.807) is 0 Å². The van der Waals surface area contributed by atoms with Crippen molar-refractivity contribution in [3.8, 4) is 11.1 Å². The Bertz CT molecular complexity index is 872. The molecule has 0 unspecified atom stereocenters. The smallest absolute Gasteiger partial charge is 0.130 e. The van der Waals surface area contributed by atoms with Gasteiger partial charge < -0.3 is 4.98 Å². The van der Waals surface area contributed by atoms with Crippen LogP contribution in [0.4, 0.5) is 0 Å². The van der Waals surface area contributed by atoms with Gasteiger partial charge in [-0.1, -0.05) is 61.2 Å². The molecule has 2 nitrogen and oxygen atoms in total. The minimum atomic E-state index is 0.714. The molecule has 2 aromatic carbocycles. The van der Waals surface area contributed by atoms with Gasteiger partial charge >= 0.3 is 0 Å². The molecule has 3 heteroatoms. The van der Waals surface area contributed by atoms with E-state index in [4.69, 9.17) is 11.6 Å². The number of halogens is 1. The number of hydrogen-bond donors (Lipinski definition) is 1. The second-order valence-electron chi connectivity index (χ2n) is 6.59. The highest BCUT2D eigenvalue weighted by Crippen LogP contribution is 2.30. The number of nitrogens with one attached hydrogen (secondary N) is 1. The van der Waals surface area contributed by atoms with Gasteiger partial charge in [0.2, 0.25) is 0 Å². The Balaban J connectivity index is 1.61. The van der Waals surface area contributed by atoms with E-state index in [9.17, 15) is 0 Å². The van der Waals surface area contributed by atoms with Crippen LogP contribution in [0.25, 0.3) is 28.2 Å². The number of hydrogen-bond acceptors (Lipinski definition) is 1. The molecule has 1 N–H and O–H groups in total. The molecule has 1 aliphatic rings. The molecule has 0 spiro atoms. The van der Waals surface area contributed by atoms with Crippen molar-refractivity contribution in [1.29, 1.82) is 0 Å². The van der Waals surface area contributed by atoms with Crippen molar-refractivity contribution in [2.24, 2.45) is 5.92 Å². The summed E-state index contributed by atoms with van der Waals surface area (Å²) >= 11 is 6.31. The van der Waals surface area contributed by atoms with Crippen LogP contribution in [0.3, 0.4) is 0 Å². The average Bonchev–Trinajstić information content (AvgIpc) is 3.03. The fraction of sp³-hybridized carbons (Fsp3) is 0.286. The number of aromatic amines is 1. The fourth-order valence-electron chi connectivity index (χ4n) is 3.52. The minimum absolute atomic E-state index is 0.714. The normalized spacial score (nSPS) is 16.2. The van der Waals surface area contributed by atoms with Crippen LogP contribution in [0.15, 0.2) is 48.5 Å². The Labute approximate surface area is 147 Å². The Morgan fingerprint density at radius 3 is 2.71 bits per heavy atom. The second-order valence-corrected chi connectivity index (χ2v) is 7.00. The van der Waals surface area contributed by atoms with Gasteiger partial charge in [0, 0.05) is 10.6 Å². The topological polar surface area (TPSA) is 28.7 Å². The maximum Gasteiger partial charge on any atom is 0.130 e. The highest BCUT2D eigenvalue weighted by atomic mass is 35.5. The molecule has 3 aromatic rings. The molecule has 0 atom stereocenters. The molecule has 1 aliphatic carbocycles. The van der Waals surface area contributed by atoms with Crippen molar-refractivity contribution in [3.63, 3.8) is 0 Å². The molecule has 0 radical (unpaired) electrons. The lowest BCUT2D eigenvalue weighted by Crippen LogP contribution is -2.02. The van der Waals surface area contributed by atoms with E-state index in [1.165, 1.54) is 32.1 Å². The van der Waals surface area contributed by atoms with Crippen LogP contribution < -0.4 is 0 Å². The lowest BCUT2D eigenvalue weighted by Gasteiger charge is -2.17. The first-order valence-corrected chi connectivity index (χ1v) is 9.10. The molecular weight excluding hydrogens is 316 g/mol. The number of H-pyrrole nitrogens is 1. The molecule has 4 rings (SSSR count). The summed E-state index contributed by atoms with van der Waals surface area (Å²) in [7, 11) is 0. The Hall–Kier alpha value is -2.06. The van der Waals surface area contributed by atoms with Crippen molar-refractivity contribution in [3.05, 3.63) is 59.4 Å². The van der Waals surface area contributed by atoms with Crippen molar-refractivity contribution >= 4 is 28.7 Å². The van der Waals surface area contributed by atoms with Crippen LogP contribution in [-0.4, -0.2) is 9.97 Å². The zero-order valence-electron chi connectivity index (χ0n) is 13.6. The highest BCUT2D eigenvalue weighted by molar-refractivity contribution is 6.33. The van der Waals surface area contributed by atoms with Gasteiger partial charge in [-0.15, -0.1) is 0 Å². The van der Waals surface area contributed by atoms with E-state index in [0.29, 0.717) is 5.92 Å². The van der Waals surface area contributed by atoms with Gasteiger partial charge in [0.1, 0.15) is 5.82 Å². The zero-order chi connectivity index (χ0) is 16.4. The summed E-state index contributed by atoms with van der Waals surface area (Å²) in [6.45, 7) is 0. The Morgan fingerprint density at radius 1 is 1.04 bits per heavy atom. The monoisotopic (exact) mass is 336 g/mol. The largest absolute Gasteiger partial charge is 0.338 e. The van der Waals surface area contributed by atoms with Crippen molar-refractivity contribution in [2.75, 3.05) is 0 Å². The van der Waals surface area contributed by atoms with Gasteiger partial charge in [0.25, 0.3) is 0 Å². The average molecular weight is 337 g/mol. The molecule has 0 amide bonds. The molecule has 1 aromatic heterocycles. The van der Waals surface area contributed by atoms with E-state index in [-0.39, 0.29) is 0 Å². The Morgan fingerprint density at radius 2 is 1.88 bits per heavy atom. The zero-order valence-corrected chi connectivity index (χ0v) is 14.4. The number of rotatable bonds is 3. The first kappa shape index (κ1) is 15.5. The van der Waals surface area contributed by atoms with E-state index in [0.717, 1.165) is 33.0 Å². The number of fused-ring (bicyclic) bond motifs is 1. The highest BCUT2D eigenvalue weighted by Gasteiger charge is 2.10. The third-order valence-corrected chi connectivity index (χ3v) is 5.19. The van der Waals surface area contributed by atoms with Gasteiger partial charge in [-0.3, -0.25) is 0 Å². The molecule has 0 bridgehead atoms. The third kappa shape index (κ3) is 3.25. The summed E-state index contributed by atoms with van der Waals surface area (Å²) in [4.78, 5) is 8.10. The molecule has 1 saturated carbocycles. The fourth-order valence-corrected chi connectivity index (χ4v) is 3.77. The number of imidazole rings is 1. The van der Waals surface area contributed by atoms with E-state index < -0.39 is 0 Å². The molecular formula is C21H21ClN2. The van der Waals surface area contributed by atoms with Gasteiger partial charge in [-0.05, 0) is 48.6 Å². The van der Waals surface area contributed by atoms with Gasteiger partial charge in [-0.25, -0.2) is 4.98 Å². The van der Waals surface area contributed by atoms with Crippen molar-refractivity contribution in [2.45, 2.75) is 32.1 Å². The summed E-state index contributed by atoms with van der Waals surface area (Å²) in [5, 5.41) is 0.772. The SMILES string of the molecule is Clc1ccccc1-c1ccc2nc(/C=C/C3CCCCC3)[nH]c2c1. The lowest BCUT2D eigenvalue weighted by atomic mass is 9.89.